The number of hydrogen-bond donors (Lipinski definition) is 1. The van der Waals surface area contributed by atoms with Crippen molar-refractivity contribution in [2.75, 3.05) is 7.05 Å². The predicted molar refractivity (Wildman–Crippen MR) is 48.0 cm³/mol. The van der Waals surface area contributed by atoms with Crippen molar-refractivity contribution in [1.29, 1.82) is 0 Å². The summed E-state index contributed by atoms with van der Waals surface area (Å²) >= 11 is 0. The van der Waals surface area contributed by atoms with Crippen LogP contribution in [0.25, 0.3) is 0 Å². The second-order valence-corrected chi connectivity index (χ2v) is 4.64. The minimum atomic E-state index is -3.44. The summed E-state index contributed by atoms with van der Waals surface area (Å²) in [4.78, 5) is 0. The zero-order chi connectivity index (χ0) is 10.8. The van der Waals surface area contributed by atoms with Crippen LogP contribution in [0.15, 0.2) is 18.2 Å². The van der Waals surface area contributed by atoms with E-state index in [0.29, 0.717) is 0 Å². The largest absolute Gasteiger partial charge is 0.218 e. The SMILES string of the molecule is CNS(=O)(=O)Cc1ccc(F)c(F)c1. The van der Waals surface area contributed by atoms with E-state index in [2.05, 4.69) is 4.72 Å². The molecule has 0 unspecified atom stereocenters. The van der Waals surface area contributed by atoms with Gasteiger partial charge in [0.15, 0.2) is 11.6 Å². The molecule has 0 atom stereocenters. The highest BCUT2D eigenvalue weighted by Gasteiger charge is 2.10. The molecule has 0 saturated heterocycles. The van der Waals surface area contributed by atoms with E-state index in [1.54, 1.807) is 0 Å². The Kier molecular flexibility index (Phi) is 3.17. The molecule has 1 aromatic carbocycles. The van der Waals surface area contributed by atoms with Gasteiger partial charge in [0, 0.05) is 0 Å². The predicted octanol–water partition coefficient (Wildman–Crippen LogP) is 1.01. The summed E-state index contributed by atoms with van der Waals surface area (Å²) in [5.41, 5.74) is 0.207. The third-order valence-corrected chi connectivity index (χ3v) is 2.99. The van der Waals surface area contributed by atoms with Crippen molar-refractivity contribution >= 4 is 10.0 Å². The Morgan fingerprint density at radius 2 is 1.93 bits per heavy atom. The van der Waals surface area contributed by atoms with Crippen LogP contribution in [0.1, 0.15) is 5.56 Å². The molecule has 1 aromatic rings. The van der Waals surface area contributed by atoms with Gasteiger partial charge in [-0.3, -0.25) is 0 Å². The quantitative estimate of drug-likeness (QED) is 0.828. The molecule has 1 rings (SSSR count). The number of halogens is 2. The molecule has 78 valence electrons. The van der Waals surface area contributed by atoms with Crippen molar-refractivity contribution in [2.45, 2.75) is 5.75 Å². The maximum atomic E-state index is 12.7. The Balaban J connectivity index is 2.94. The molecule has 0 aliphatic heterocycles. The molecule has 3 nitrogen and oxygen atoms in total. The maximum Gasteiger partial charge on any atom is 0.215 e. The van der Waals surface area contributed by atoms with Crippen molar-refractivity contribution in [3.8, 4) is 0 Å². The molecule has 0 spiro atoms. The smallest absolute Gasteiger partial charge is 0.215 e. The number of hydrogen-bond acceptors (Lipinski definition) is 2. The molecular weight excluding hydrogens is 212 g/mol. The summed E-state index contributed by atoms with van der Waals surface area (Å²) in [6.45, 7) is 0. The summed E-state index contributed by atoms with van der Waals surface area (Å²) in [5.74, 6) is -2.40. The van der Waals surface area contributed by atoms with Crippen molar-refractivity contribution < 1.29 is 17.2 Å². The third-order valence-electron chi connectivity index (χ3n) is 1.65. The van der Waals surface area contributed by atoms with Gasteiger partial charge in [0.25, 0.3) is 0 Å². The first-order valence-electron chi connectivity index (χ1n) is 3.80. The van der Waals surface area contributed by atoms with Crippen molar-refractivity contribution in [2.24, 2.45) is 0 Å². The third kappa shape index (κ3) is 2.74. The van der Waals surface area contributed by atoms with Crippen LogP contribution in [0.3, 0.4) is 0 Å². The average Bonchev–Trinajstić information content (AvgIpc) is 2.11. The van der Waals surface area contributed by atoms with Crippen LogP contribution in [0.2, 0.25) is 0 Å². The molecule has 0 fully saturated rings. The zero-order valence-corrected chi connectivity index (χ0v) is 8.24. The Morgan fingerprint density at radius 3 is 2.43 bits per heavy atom. The van der Waals surface area contributed by atoms with Crippen LogP contribution in [-0.4, -0.2) is 15.5 Å². The second-order valence-electron chi connectivity index (χ2n) is 2.71. The van der Waals surface area contributed by atoms with E-state index in [1.165, 1.54) is 13.1 Å². The molecule has 0 heterocycles. The first-order chi connectivity index (χ1) is 6.44. The topological polar surface area (TPSA) is 46.2 Å². The first-order valence-corrected chi connectivity index (χ1v) is 5.45. The van der Waals surface area contributed by atoms with Gasteiger partial charge < -0.3 is 0 Å². The standard InChI is InChI=1S/C8H9F2NO2S/c1-11-14(12,13)5-6-2-3-7(9)8(10)4-6/h2-4,11H,5H2,1H3. The molecule has 0 amide bonds. The van der Waals surface area contributed by atoms with Crippen molar-refractivity contribution in [3.63, 3.8) is 0 Å². The lowest BCUT2D eigenvalue weighted by molar-refractivity contribution is 0.507. The Labute approximate surface area is 80.8 Å². The summed E-state index contributed by atoms with van der Waals surface area (Å²) in [5, 5.41) is 0. The van der Waals surface area contributed by atoms with Gasteiger partial charge in [0.05, 0.1) is 5.75 Å². The summed E-state index contributed by atoms with van der Waals surface area (Å²) in [6, 6.07) is 2.99. The molecule has 0 aliphatic carbocycles. The van der Waals surface area contributed by atoms with Crippen LogP contribution in [0, 0.1) is 11.6 Å². The van der Waals surface area contributed by atoms with E-state index in [0.717, 1.165) is 12.1 Å². The Hall–Kier alpha value is -1.01. The van der Waals surface area contributed by atoms with E-state index in [9.17, 15) is 17.2 Å². The van der Waals surface area contributed by atoms with Crippen LogP contribution in [-0.2, 0) is 15.8 Å². The lowest BCUT2D eigenvalue weighted by Crippen LogP contribution is -2.20. The van der Waals surface area contributed by atoms with Gasteiger partial charge in [-0.05, 0) is 24.7 Å². The molecule has 0 aliphatic rings. The van der Waals surface area contributed by atoms with Crippen molar-refractivity contribution in [1.82, 2.24) is 4.72 Å². The number of benzene rings is 1. The first kappa shape index (κ1) is 11.1. The number of rotatable bonds is 3. The Morgan fingerprint density at radius 1 is 1.29 bits per heavy atom. The fourth-order valence-corrected chi connectivity index (χ4v) is 1.68. The van der Waals surface area contributed by atoms with Crippen LogP contribution >= 0.6 is 0 Å². The minimum Gasteiger partial charge on any atom is -0.218 e. The van der Waals surface area contributed by atoms with Crippen molar-refractivity contribution in [3.05, 3.63) is 35.4 Å². The lowest BCUT2D eigenvalue weighted by Gasteiger charge is -2.02. The highest BCUT2D eigenvalue weighted by atomic mass is 32.2. The summed E-state index contributed by atoms with van der Waals surface area (Å²) < 4.78 is 49.3. The van der Waals surface area contributed by atoms with Gasteiger partial charge in [-0.15, -0.1) is 0 Å². The number of sulfonamides is 1. The summed E-state index contributed by atoms with van der Waals surface area (Å²) in [7, 11) is -2.18. The molecule has 1 N–H and O–H groups in total. The molecule has 0 saturated carbocycles. The molecule has 0 aromatic heterocycles. The van der Waals surface area contributed by atoms with Gasteiger partial charge in [0.1, 0.15) is 0 Å². The maximum absolute atomic E-state index is 12.7. The molecule has 0 bridgehead atoms. The highest BCUT2D eigenvalue weighted by molar-refractivity contribution is 7.88. The van der Waals surface area contributed by atoms with Gasteiger partial charge in [-0.1, -0.05) is 6.07 Å². The normalized spacial score (nSPS) is 11.6. The van der Waals surface area contributed by atoms with E-state index in [1.807, 2.05) is 0 Å². The molecular formula is C8H9F2NO2S. The van der Waals surface area contributed by atoms with Gasteiger partial charge in [-0.25, -0.2) is 21.9 Å². The fraction of sp³-hybridized carbons (Fsp3) is 0.250. The van der Waals surface area contributed by atoms with Crippen LogP contribution in [0.5, 0.6) is 0 Å². The minimum absolute atomic E-state index is 0.207. The molecule has 14 heavy (non-hydrogen) atoms. The van der Waals surface area contributed by atoms with Gasteiger partial charge in [0.2, 0.25) is 10.0 Å². The van der Waals surface area contributed by atoms with E-state index >= 15 is 0 Å². The summed E-state index contributed by atoms with van der Waals surface area (Å²) in [6.07, 6.45) is 0. The number of nitrogens with one attached hydrogen (secondary N) is 1. The molecule has 0 radical (unpaired) electrons. The average molecular weight is 221 g/mol. The second kappa shape index (κ2) is 4.02. The zero-order valence-electron chi connectivity index (χ0n) is 7.42. The fourth-order valence-electron chi connectivity index (χ4n) is 0.921. The van der Waals surface area contributed by atoms with Gasteiger partial charge >= 0.3 is 0 Å². The van der Waals surface area contributed by atoms with E-state index in [4.69, 9.17) is 0 Å². The van der Waals surface area contributed by atoms with E-state index < -0.39 is 21.7 Å². The monoisotopic (exact) mass is 221 g/mol. The van der Waals surface area contributed by atoms with E-state index in [-0.39, 0.29) is 11.3 Å². The molecule has 6 heteroatoms. The van der Waals surface area contributed by atoms with Gasteiger partial charge in [-0.2, -0.15) is 0 Å². The van der Waals surface area contributed by atoms with Crippen LogP contribution in [0.4, 0.5) is 8.78 Å². The highest BCUT2D eigenvalue weighted by Crippen LogP contribution is 2.10. The van der Waals surface area contributed by atoms with Crippen LogP contribution < -0.4 is 4.72 Å². The lowest BCUT2D eigenvalue weighted by atomic mass is 10.2. The Bertz CT molecular complexity index is 431.